The zero-order valence-corrected chi connectivity index (χ0v) is 23.9. The van der Waals surface area contributed by atoms with E-state index >= 15 is 0 Å². The van der Waals surface area contributed by atoms with Gasteiger partial charge >= 0.3 is 0 Å². The number of para-hydroxylation sites is 1. The number of hydrogen-bond acceptors (Lipinski definition) is 4. The molecule has 0 radical (unpaired) electrons. The largest absolute Gasteiger partial charge is 0.457 e. The second-order valence-corrected chi connectivity index (χ2v) is 12.1. The SMILES string of the molecule is c1ccc(-c2ccc(-c3ccc(-c4ccc5c(c4)Oc4ccccc4C54c5ccccc5-c5ccccc54)s3)nn2)cc1. The monoisotopic (exact) mass is 568 g/mol. The molecule has 0 unspecified atom stereocenters. The average Bonchev–Trinajstić information content (AvgIpc) is 3.68. The maximum atomic E-state index is 6.69. The van der Waals surface area contributed by atoms with Gasteiger partial charge < -0.3 is 4.74 Å². The van der Waals surface area contributed by atoms with Gasteiger partial charge in [0.2, 0.25) is 0 Å². The van der Waals surface area contributed by atoms with E-state index in [0.717, 1.165) is 43.8 Å². The smallest absolute Gasteiger partial charge is 0.132 e. The third-order valence-corrected chi connectivity index (χ3v) is 9.88. The van der Waals surface area contributed by atoms with Crippen molar-refractivity contribution in [2.24, 2.45) is 0 Å². The van der Waals surface area contributed by atoms with Crippen LogP contribution in [0.1, 0.15) is 22.3 Å². The molecular formula is C39H24N2OS. The summed E-state index contributed by atoms with van der Waals surface area (Å²) in [5.41, 5.74) is 11.0. The molecule has 0 saturated carbocycles. The Labute approximate surface area is 253 Å². The summed E-state index contributed by atoms with van der Waals surface area (Å²) in [4.78, 5) is 2.25. The molecule has 43 heavy (non-hydrogen) atoms. The van der Waals surface area contributed by atoms with Crippen LogP contribution in [0.4, 0.5) is 0 Å². The van der Waals surface area contributed by atoms with E-state index in [2.05, 4.69) is 132 Å². The van der Waals surface area contributed by atoms with Gasteiger partial charge in [-0.1, -0.05) is 109 Å². The number of thiophene rings is 1. The Morgan fingerprint density at radius 3 is 1.79 bits per heavy atom. The molecule has 2 aromatic heterocycles. The fourth-order valence-corrected chi connectivity index (χ4v) is 7.84. The third-order valence-electron chi connectivity index (χ3n) is 8.73. The topological polar surface area (TPSA) is 35.0 Å². The normalized spacial score (nSPS) is 13.5. The maximum Gasteiger partial charge on any atom is 0.132 e. The van der Waals surface area contributed by atoms with Gasteiger partial charge in [0, 0.05) is 21.6 Å². The number of rotatable bonds is 3. The quantitative estimate of drug-likeness (QED) is 0.213. The van der Waals surface area contributed by atoms with Crippen LogP contribution >= 0.6 is 11.3 Å². The standard InChI is InChI=1S/C39H24N2OS/c1-2-10-25(11-3-1)33-20-21-34(41-40-33)38-23-22-37(43-38)26-18-19-32-36(24-26)42-35-17-9-8-16-31(35)39(32)29-14-6-4-12-27(29)28-13-5-7-15-30(28)39/h1-24H. The Hall–Kier alpha value is -5.32. The van der Waals surface area contributed by atoms with E-state index in [1.807, 2.05) is 24.3 Å². The van der Waals surface area contributed by atoms with E-state index in [4.69, 9.17) is 4.74 Å². The molecule has 5 aromatic carbocycles. The number of hydrogen-bond donors (Lipinski definition) is 0. The van der Waals surface area contributed by atoms with Gasteiger partial charge in [-0.05, 0) is 64.2 Å². The minimum atomic E-state index is -0.438. The van der Waals surface area contributed by atoms with Crippen LogP contribution < -0.4 is 4.74 Å². The second kappa shape index (κ2) is 9.35. The summed E-state index contributed by atoms with van der Waals surface area (Å²) in [5, 5.41) is 9.05. The van der Waals surface area contributed by atoms with Gasteiger partial charge in [-0.15, -0.1) is 21.5 Å². The predicted octanol–water partition coefficient (Wildman–Crippen LogP) is 10.0. The molecule has 3 heterocycles. The Morgan fingerprint density at radius 1 is 0.442 bits per heavy atom. The van der Waals surface area contributed by atoms with Crippen molar-refractivity contribution in [1.29, 1.82) is 0 Å². The summed E-state index contributed by atoms with van der Waals surface area (Å²) in [7, 11) is 0. The molecule has 0 atom stereocenters. The van der Waals surface area contributed by atoms with Crippen molar-refractivity contribution in [1.82, 2.24) is 10.2 Å². The van der Waals surface area contributed by atoms with Crippen molar-refractivity contribution in [2.75, 3.05) is 0 Å². The highest BCUT2D eigenvalue weighted by Gasteiger charge is 2.50. The van der Waals surface area contributed by atoms with Gasteiger partial charge in [0.25, 0.3) is 0 Å². The van der Waals surface area contributed by atoms with E-state index < -0.39 is 5.41 Å². The summed E-state index contributed by atoms with van der Waals surface area (Å²) in [6.45, 7) is 0. The molecule has 0 saturated heterocycles. The molecule has 9 rings (SSSR count). The first-order chi connectivity index (χ1) is 21.3. The Balaban J connectivity index is 1.15. The molecule has 0 N–H and O–H groups in total. The first-order valence-electron chi connectivity index (χ1n) is 14.4. The lowest BCUT2D eigenvalue weighted by Gasteiger charge is -2.39. The van der Waals surface area contributed by atoms with E-state index in [9.17, 15) is 0 Å². The molecule has 0 fully saturated rings. The molecule has 0 bridgehead atoms. The first kappa shape index (κ1) is 24.3. The van der Waals surface area contributed by atoms with Crippen LogP contribution in [0.3, 0.4) is 0 Å². The molecule has 1 aliphatic carbocycles. The average molecular weight is 569 g/mol. The molecule has 7 aromatic rings. The number of nitrogens with zero attached hydrogens (tertiary/aromatic N) is 2. The Morgan fingerprint density at radius 2 is 1.05 bits per heavy atom. The van der Waals surface area contributed by atoms with E-state index in [1.165, 1.54) is 33.4 Å². The summed E-state index contributed by atoms with van der Waals surface area (Å²) >= 11 is 1.72. The van der Waals surface area contributed by atoms with Crippen molar-refractivity contribution in [2.45, 2.75) is 5.41 Å². The van der Waals surface area contributed by atoms with Gasteiger partial charge in [0.15, 0.2) is 0 Å². The van der Waals surface area contributed by atoms with Crippen molar-refractivity contribution in [3.8, 4) is 54.9 Å². The van der Waals surface area contributed by atoms with Crippen molar-refractivity contribution in [3.05, 3.63) is 168 Å². The highest BCUT2D eigenvalue weighted by Crippen LogP contribution is 2.62. The van der Waals surface area contributed by atoms with Crippen molar-refractivity contribution < 1.29 is 4.74 Å². The second-order valence-electron chi connectivity index (χ2n) is 11.0. The van der Waals surface area contributed by atoms with E-state index in [0.29, 0.717) is 0 Å². The number of ether oxygens (including phenoxy) is 1. The highest BCUT2D eigenvalue weighted by molar-refractivity contribution is 7.18. The van der Waals surface area contributed by atoms with Crippen LogP contribution in [0.15, 0.2) is 146 Å². The van der Waals surface area contributed by atoms with Crippen LogP contribution in [0.25, 0.3) is 43.4 Å². The molecule has 202 valence electrons. The first-order valence-corrected chi connectivity index (χ1v) is 15.2. The number of aromatic nitrogens is 2. The summed E-state index contributed by atoms with van der Waals surface area (Å²) in [6, 6.07) is 51.4. The zero-order valence-electron chi connectivity index (χ0n) is 23.1. The molecular weight excluding hydrogens is 545 g/mol. The molecule has 4 heteroatoms. The lowest BCUT2D eigenvalue weighted by atomic mass is 9.66. The van der Waals surface area contributed by atoms with Crippen LogP contribution in [0, 0.1) is 0 Å². The van der Waals surface area contributed by atoms with Crippen LogP contribution in [0.5, 0.6) is 11.5 Å². The summed E-state index contributed by atoms with van der Waals surface area (Å²) in [6.07, 6.45) is 0. The Kier molecular flexibility index (Phi) is 5.28. The Bertz CT molecular complexity index is 2120. The van der Waals surface area contributed by atoms with Crippen LogP contribution in [0.2, 0.25) is 0 Å². The van der Waals surface area contributed by atoms with Gasteiger partial charge in [-0.2, -0.15) is 0 Å². The third kappa shape index (κ3) is 3.54. The van der Waals surface area contributed by atoms with Crippen molar-refractivity contribution in [3.63, 3.8) is 0 Å². The summed E-state index contributed by atoms with van der Waals surface area (Å²) in [5.74, 6) is 1.80. The maximum absolute atomic E-state index is 6.69. The lowest BCUT2D eigenvalue weighted by molar-refractivity contribution is 0.436. The molecule has 1 aliphatic heterocycles. The van der Waals surface area contributed by atoms with Gasteiger partial charge in [0.1, 0.15) is 17.2 Å². The zero-order chi connectivity index (χ0) is 28.4. The van der Waals surface area contributed by atoms with Gasteiger partial charge in [0.05, 0.1) is 16.0 Å². The minimum Gasteiger partial charge on any atom is -0.457 e. The van der Waals surface area contributed by atoms with Gasteiger partial charge in [-0.3, -0.25) is 0 Å². The van der Waals surface area contributed by atoms with E-state index in [-0.39, 0.29) is 0 Å². The van der Waals surface area contributed by atoms with Crippen molar-refractivity contribution >= 4 is 11.3 Å². The minimum absolute atomic E-state index is 0.438. The molecule has 1 spiro atoms. The summed E-state index contributed by atoms with van der Waals surface area (Å²) < 4.78 is 6.69. The predicted molar refractivity (Wildman–Crippen MR) is 174 cm³/mol. The molecule has 3 nitrogen and oxygen atoms in total. The van der Waals surface area contributed by atoms with Crippen LogP contribution in [-0.4, -0.2) is 10.2 Å². The van der Waals surface area contributed by atoms with Gasteiger partial charge in [-0.25, -0.2) is 0 Å². The van der Waals surface area contributed by atoms with E-state index in [1.54, 1.807) is 11.3 Å². The number of fused-ring (bicyclic) bond motifs is 9. The fraction of sp³-hybridized carbons (Fsp3) is 0.0256. The molecule has 2 aliphatic rings. The van der Waals surface area contributed by atoms with Crippen LogP contribution in [-0.2, 0) is 5.41 Å². The number of benzene rings is 5. The highest BCUT2D eigenvalue weighted by atomic mass is 32.1. The lowest BCUT2D eigenvalue weighted by Crippen LogP contribution is -2.32. The molecule has 0 amide bonds. The fourth-order valence-electron chi connectivity index (χ4n) is 6.87.